The maximum Gasteiger partial charge on any atom is 0.416 e. The van der Waals surface area contributed by atoms with Crippen molar-refractivity contribution in [1.29, 1.82) is 0 Å². The van der Waals surface area contributed by atoms with Crippen LogP contribution in [0.5, 0.6) is 0 Å². The highest BCUT2D eigenvalue weighted by Gasteiger charge is 2.35. The first-order chi connectivity index (χ1) is 14.4. The van der Waals surface area contributed by atoms with Gasteiger partial charge in [-0.3, -0.25) is 4.79 Å². The Hall–Kier alpha value is -2.64. The van der Waals surface area contributed by atoms with Crippen LogP contribution in [-0.4, -0.2) is 17.4 Å². The molecule has 4 aromatic rings. The van der Waals surface area contributed by atoms with Gasteiger partial charge in [-0.05, 0) is 58.6 Å². The van der Waals surface area contributed by atoms with Crippen LogP contribution in [0.4, 0.5) is 13.2 Å². The topological polar surface area (TPSA) is 20.3 Å². The highest BCUT2D eigenvalue weighted by Crippen LogP contribution is 2.40. The van der Waals surface area contributed by atoms with Crippen LogP contribution in [-0.2, 0) is 12.6 Å². The average molecular weight is 444 g/mol. The molecule has 2 aromatic heterocycles. The van der Waals surface area contributed by atoms with Crippen LogP contribution >= 0.6 is 22.7 Å². The van der Waals surface area contributed by atoms with E-state index in [4.69, 9.17) is 0 Å². The Kier molecular flexibility index (Phi) is 4.67. The van der Waals surface area contributed by atoms with Gasteiger partial charge in [0, 0.05) is 16.1 Å². The summed E-state index contributed by atoms with van der Waals surface area (Å²) in [6.45, 7) is 0.534. The molecular formula is C23H16F3NOS2. The fourth-order valence-electron chi connectivity index (χ4n) is 3.98. The zero-order chi connectivity index (χ0) is 20.9. The number of benzene rings is 2. The van der Waals surface area contributed by atoms with E-state index in [1.54, 1.807) is 16.2 Å². The zero-order valence-electron chi connectivity index (χ0n) is 15.6. The molecule has 1 amide bonds. The summed E-state index contributed by atoms with van der Waals surface area (Å²) >= 11 is 3.08. The van der Waals surface area contributed by atoms with Gasteiger partial charge in [0.1, 0.15) is 0 Å². The number of fused-ring (bicyclic) bond motifs is 2. The molecule has 0 fully saturated rings. The van der Waals surface area contributed by atoms with E-state index >= 15 is 0 Å². The first kappa shape index (κ1) is 19.3. The van der Waals surface area contributed by atoms with Gasteiger partial charge in [0.15, 0.2) is 0 Å². The molecule has 5 rings (SSSR count). The van der Waals surface area contributed by atoms with Crippen molar-refractivity contribution in [3.05, 3.63) is 92.5 Å². The van der Waals surface area contributed by atoms with E-state index < -0.39 is 11.7 Å². The average Bonchev–Trinajstić information content (AvgIpc) is 3.38. The number of thiophene rings is 2. The molecule has 0 spiro atoms. The number of alkyl halides is 3. The Morgan fingerprint density at radius 2 is 1.80 bits per heavy atom. The number of halogens is 3. The normalized spacial score (nSPS) is 16.6. The second-order valence-corrected chi connectivity index (χ2v) is 9.30. The third-order valence-corrected chi connectivity index (χ3v) is 7.52. The summed E-state index contributed by atoms with van der Waals surface area (Å²) in [7, 11) is 0. The monoisotopic (exact) mass is 443 g/mol. The van der Waals surface area contributed by atoms with Gasteiger partial charge in [0.2, 0.25) is 0 Å². The quantitative estimate of drug-likeness (QED) is 0.335. The number of carbonyl (C=O) groups excluding carboxylic acids is 1. The molecular weight excluding hydrogens is 427 g/mol. The predicted molar refractivity (Wildman–Crippen MR) is 114 cm³/mol. The number of carbonyl (C=O) groups is 1. The summed E-state index contributed by atoms with van der Waals surface area (Å²) in [5, 5.41) is 3.00. The second-order valence-electron chi connectivity index (χ2n) is 7.22. The van der Waals surface area contributed by atoms with Gasteiger partial charge < -0.3 is 4.90 Å². The molecule has 2 nitrogen and oxygen atoms in total. The van der Waals surface area contributed by atoms with Gasteiger partial charge in [-0.2, -0.15) is 13.2 Å². The number of amides is 1. The van der Waals surface area contributed by atoms with Crippen LogP contribution in [0.2, 0.25) is 0 Å². The molecule has 1 unspecified atom stereocenters. The summed E-state index contributed by atoms with van der Waals surface area (Å²) < 4.78 is 40.1. The molecule has 7 heteroatoms. The van der Waals surface area contributed by atoms with Crippen LogP contribution in [0.15, 0.2) is 66.0 Å². The van der Waals surface area contributed by atoms with Crippen LogP contribution in [0.1, 0.15) is 37.3 Å². The van der Waals surface area contributed by atoms with Crippen molar-refractivity contribution in [2.24, 2.45) is 0 Å². The summed E-state index contributed by atoms with van der Waals surface area (Å²) in [5.41, 5.74) is 1.01. The smallest absolute Gasteiger partial charge is 0.326 e. The fourth-order valence-corrected chi connectivity index (χ4v) is 5.90. The number of nitrogens with zero attached hydrogens (tertiary/aromatic N) is 1. The van der Waals surface area contributed by atoms with Crippen molar-refractivity contribution in [2.45, 2.75) is 18.6 Å². The lowest BCUT2D eigenvalue weighted by molar-refractivity contribution is -0.137. The minimum Gasteiger partial charge on any atom is -0.326 e. The minimum atomic E-state index is -4.38. The Morgan fingerprint density at radius 1 is 1.03 bits per heavy atom. The third-order valence-electron chi connectivity index (χ3n) is 5.42. The first-order valence-electron chi connectivity index (χ1n) is 9.45. The Morgan fingerprint density at radius 3 is 2.53 bits per heavy atom. The van der Waals surface area contributed by atoms with Gasteiger partial charge in [-0.1, -0.05) is 30.3 Å². The molecule has 2 aromatic carbocycles. The van der Waals surface area contributed by atoms with Crippen molar-refractivity contribution in [2.75, 3.05) is 6.54 Å². The molecule has 3 heterocycles. The summed E-state index contributed by atoms with van der Waals surface area (Å²) in [6.07, 6.45) is -3.63. The van der Waals surface area contributed by atoms with Gasteiger partial charge >= 0.3 is 6.18 Å². The number of hydrogen-bond acceptors (Lipinski definition) is 3. The largest absolute Gasteiger partial charge is 0.416 e. The van der Waals surface area contributed by atoms with Gasteiger partial charge in [-0.25, -0.2) is 0 Å². The van der Waals surface area contributed by atoms with E-state index in [-0.39, 0.29) is 11.9 Å². The maximum absolute atomic E-state index is 13.5. The molecule has 0 radical (unpaired) electrons. The molecule has 1 atom stereocenters. The Bertz CT molecular complexity index is 1190. The molecule has 30 heavy (non-hydrogen) atoms. The van der Waals surface area contributed by atoms with Crippen LogP contribution in [0, 0.1) is 0 Å². The van der Waals surface area contributed by atoms with Gasteiger partial charge in [0.25, 0.3) is 5.91 Å². The van der Waals surface area contributed by atoms with E-state index in [2.05, 4.69) is 0 Å². The highest BCUT2D eigenvalue weighted by molar-refractivity contribution is 7.20. The minimum absolute atomic E-state index is 0.0852. The molecule has 0 bridgehead atoms. The van der Waals surface area contributed by atoms with E-state index in [0.29, 0.717) is 17.0 Å². The molecule has 0 N–H and O–H groups in total. The zero-order valence-corrected chi connectivity index (χ0v) is 17.3. The Labute approximate surface area is 179 Å². The van der Waals surface area contributed by atoms with Crippen molar-refractivity contribution in [1.82, 2.24) is 4.90 Å². The maximum atomic E-state index is 13.5. The standard InChI is InChI=1S/C23H16F3NOS2/c24-23(25,26)16-7-5-14(6-8-16)21-17-10-12-29-19(17)9-11-27(21)22(28)20-13-15-3-1-2-4-18(15)30-20/h1-8,10,12-13,21H,9,11H2. The summed E-state index contributed by atoms with van der Waals surface area (Å²) in [6, 6.07) is 16.5. The SMILES string of the molecule is O=C(c1cc2ccccc2s1)N1CCc2sccc2C1c1ccc(C(F)(F)F)cc1. The van der Waals surface area contributed by atoms with Crippen molar-refractivity contribution < 1.29 is 18.0 Å². The van der Waals surface area contributed by atoms with Gasteiger partial charge in [-0.15, -0.1) is 22.7 Å². The van der Waals surface area contributed by atoms with Crippen molar-refractivity contribution >= 4 is 38.7 Å². The fraction of sp³-hybridized carbons (Fsp3) is 0.174. The first-order valence-corrected chi connectivity index (χ1v) is 11.1. The molecule has 0 saturated carbocycles. The third kappa shape index (κ3) is 3.32. The van der Waals surface area contributed by atoms with Crippen molar-refractivity contribution in [3.63, 3.8) is 0 Å². The van der Waals surface area contributed by atoms with E-state index in [9.17, 15) is 18.0 Å². The van der Waals surface area contributed by atoms with E-state index in [1.165, 1.54) is 28.3 Å². The second kappa shape index (κ2) is 7.25. The van der Waals surface area contributed by atoms with Crippen LogP contribution in [0.25, 0.3) is 10.1 Å². The van der Waals surface area contributed by atoms with Crippen LogP contribution in [0.3, 0.4) is 0 Å². The summed E-state index contributed by atoms with van der Waals surface area (Å²) in [4.78, 5) is 17.1. The molecule has 0 saturated heterocycles. The van der Waals surface area contributed by atoms with Crippen LogP contribution < -0.4 is 0 Å². The van der Waals surface area contributed by atoms with E-state index in [1.807, 2.05) is 41.8 Å². The lowest BCUT2D eigenvalue weighted by Crippen LogP contribution is -2.39. The highest BCUT2D eigenvalue weighted by atomic mass is 32.1. The lowest BCUT2D eigenvalue weighted by Gasteiger charge is -2.36. The predicted octanol–water partition coefficient (Wildman–Crippen LogP) is 6.77. The molecule has 1 aliphatic heterocycles. The summed E-state index contributed by atoms with van der Waals surface area (Å²) in [5.74, 6) is -0.0852. The number of hydrogen-bond donors (Lipinski definition) is 0. The Balaban J connectivity index is 1.56. The lowest BCUT2D eigenvalue weighted by atomic mass is 9.92. The molecule has 152 valence electrons. The van der Waals surface area contributed by atoms with Gasteiger partial charge in [0.05, 0.1) is 16.5 Å². The van der Waals surface area contributed by atoms with E-state index in [0.717, 1.165) is 34.2 Å². The molecule has 1 aliphatic rings. The van der Waals surface area contributed by atoms with Crippen molar-refractivity contribution in [3.8, 4) is 0 Å². The molecule has 0 aliphatic carbocycles. The number of rotatable bonds is 2.